The van der Waals surface area contributed by atoms with Gasteiger partial charge >= 0.3 is 91.7 Å². The minimum absolute atomic E-state index is 0.657. The van der Waals surface area contributed by atoms with Gasteiger partial charge in [-0.2, -0.15) is 0 Å². The molecule has 0 radical (unpaired) electrons. The summed E-state index contributed by atoms with van der Waals surface area (Å²) in [5.41, 5.74) is 5.49. The van der Waals surface area contributed by atoms with Gasteiger partial charge in [0.15, 0.2) is 0 Å². The third-order valence-electron chi connectivity index (χ3n) is 1.78. The van der Waals surface area contributed by atoms with E-state index in [1.54, 1.807) is 0 Å². The van der Waals surface area contributed by atoms with Crippen LogP contribution in [0, 0.1) is 0 Å². The third-order valence-corrected chi connectivity index (χ3v) is 6.70. The summed E-state index contributed by atoms with van der Waals surface area (Å²) < 4.78 is 18.0. The molecule has 0 aliphatic heterocycles. The zero-order valence-corrected chi connectivity index (χ0v) is 11.1. The molecular formula is C9H23NO3Ti. The Morgan fingerprint density at radius 1 is 0.929 bits per heavy atom. The molecule has 0 aliphatic carbocycles. The van der Waals surface area contributed by atoms with Gasteiger partial charge in [-0.15, -0.1) is 0 Å². The first-order valence-corrected chi connectivity index (χ1v) is 8.38. The molecule has 4 nitrogen and oxygen atoms in total. The van der Waals surface area contributed by atoms with Crippen molar-refractivity contribution >= 4 is 0 Å². The second-order valence-electron chi connectivity index (χ2n) is 2.87. The van der Waals surface area contributed by atoms with Crippen molar-refractivity contribution < 1.29 is 27.7 Å². The topological polar surface area (TPSA) is 53.7 Å². The Morgan fingerprint density at radius 3 is 1.64 bits per heavy atom. The van der Waals surface area contributed by atoms with E-state index in [0.717, 1.165) is 11.1 Å². The Morgan fingerprint density at radius 2 is 1.36 bits per heavy atom. The van der Waals surface area contributed by atoms with Crippen LogP contribution in [0.1, 0.15) is 27.2 Å². The zero-order chi connectivity index (χ0) is 10.9. The molecule has 0 aromatic heterocycles. The van der Waals surface area contributed by atoms with E-state index in [4.69, 9.17) is 15.7 Å². The van der Waals surface area contributed by atoms with Gasteiger partial charge in [0.05, 0.1) is 0 Å². The zero-order valence-electron chi connectivity index (χ0n) is 9.54. The number of rotatable bonds is 9. The minimum atomic E-state index is -2.93. The normalized spacial score (nSPS) is 12.0. The Bertz CT molecular complexity index is 118. The molecule has 0 aliphatic rings. The average Bonchev–Trinajstić information content (AvgIpc) is 2.16. The van der Waals surface area contributed by atoms with Gasteiger partial charge in [0.1, 0.15) is 0 Å². The molecule has 0 atom stereocenters. The maximum absolute atomic E-state index is 5.70. The number of hydrogen-bond donors (Lipinski definition) is 1. The van der Waals surface area contributed by atoms with Crippen molar-refractivity contribution in [1.29, 1.82) is 0 Å². The van der Waals surface area contributed by atoms with E-state index >= 15 is 0 Å². The molecule has 2 N–H and O–H groups in total. The fourth-order valence-electron chi connectivity index (χ4n) is 1.32. The van der Waals surface area contributed by atoms with Gasteiger partial charge in [0.25, 0.3) is 0 Å². The Hall–Kier alpha value is 0.554. The molecule has 0 unspecified atom stereocenters. The predicted molar refractivity (Wildman–Crippen MR) is 53.4 cm³/mol. The molecule has 86 valence electrons. The van der Waals surface area contributed by atoms with E-state index in [1.807, 2.05) is 20.8 Å². The fourth-order valence-corrected chi connectivity index (χ4v) is 5.44. The van der Waals surface area contributed by atoms with Gasteiger partial charge in [0, 0.05) is 0 Å². The van der Waals surface area contributed by atoms with Gasteiger partial charge in [-0.05, 0) is 0 Å². The molecule has 0 aromatic rings. The van der Waals surface area contributed by atoms with Crippen molar-refractivity contribution in [2.24, 2.45) is 5.73 Å². The first-order chi connectivity index (χ1) is 6.74. The van der Waals surface area contributed by atoms with Crippen LogP contribution in [0.3, 0.4) is 0 Å². The van der Waals surface area contributed by atoms with Crippen LogP contribution in [-0.4, -0.2) is 26.4 Å². The van der Waals surface area contributed by atoms with E-state index in [0.29, 0.717) is 26.4 Å². The molecular weight excluding hydrogens is 218 g/mol. The Labute approximate surface area is 91.9 Å². The first kappa shape index (κ1) is 14.6. The monoisotopic (exact) mass is 241 g/mol. The molecule has 0 fully saturated rings. The van der Waals surface area contributed by atoms with Crippen molar-refractivity contribution in [3.05, 3.63) is 0 Å². The van der Waals surface area contributed by atoms with Crippen molar-refractivity contribution in [3.8, 4) is 0 Å². The van der Waals surface area contributed by atoms with Gasteiger partial charge in [-0.25, -0.2) is 0 Å². The molecule has 0 spiro atoms. The summed E-state index contributed by atoms with van der Waals surface area (Å²) in [6.07, 6.45) is 0.917. The Balaban J connectivity index is 4.21. The molecule has 5 heteroatoms. The number of nitrogens with two attached hydrogens (primary N) is 1. The summed E-state index contributed by atoms with van der Waals surface area (Å²) in [6, 6.07) is 0. The van der Waals surface area contributed by atoms with Crippen LogP contribution in [0.2, 0.25) is 4.73 Å². The van der Waals surface area contributed by atoms with Crippen molar-refractivity contribution in [1.82, 2.24) is 0 Å². The van der Waals surface area contributed by atoms with Crippen LogP contribution in [0.4, 0.5) is 0 Å². The molecule has 0 amide bonds. The standard InChI is InChI=1S/C3H8N.3C2H5O.Ti/c1-2-3-4;3*1-2-3;/h1-4H2;3*2H2,1H3;/q;3*-1;+3. The van der Waals surface area contributed by atoms with Crippen LogP contribution in [-0.2, 0) is 27.7 Å². The SMILES string of the molecule is CC[O][Ti]([CH2]CCN)([O]CC)[O]CC. The molecule has 0 saturated heterocycles. The molecule has 0 aromatic carbocycles. The van der Waals surface area contributed by atoms with E-state index in [-0.39, 0.29) is 0 Å². The quantitative estimate of drug-likeness (QED) is 0.625. The summed E-state index contributed by atoms with van der Waals surface area (Å²) >= 11 is -2.93. The second-order valence-corrected chi connectivity index (χ2v) is 7.14. The van der Waals surface area contributed by atoms with Crippen LogP contribution in [0.15, 0.2) is 0 Å². The van der Waals surface area contributed by atoms with Crippen molar-refractivity contribution in [3.63, 3.8) is 0 Å². The fraction of sp³-hybridized carbons (Fsp3) is 1.00. The predicted octanol–water partition coefficient (Wildman–Crippen LogP) is 1.76. The maximum atomic E-state index is 5.70. The van der Waals surface area contributed by atoms with Gasteiger partial charge in [-0.1, -0.05) is 0 Å². The van der Waals surface area contributed by atoms with E-state index in [2.05, 4.69) is 0 Å². The van der Waals surface area contributed by atoms with Crippen LogP contribution < -0.4 is 5.73 Å². The van der Waals surface area contributed by atoms with E-state index < -0.39 is 17.8 Å². The summed E-state index contributed by atoms with van der Waals surface area (Å²) in [6.45, 7) is 8.56. The third kappa shape index (κ3) is 5.44. The molecule has 0 rings (SSSR count). The molecule has 0 heterocycles. The van der Waals surface area contributed by atoms with Gasteiger partial charge in [0.2, 0.25) is 0 Å². The summed E-state index contributed by atoms with van der Waals surface area (Å²) in [5.74, 6) is 0. The van der Waals surface area contributed by atoms with Crippen molar-refractivity contribution in [2.45, 2.75) is 31.9 Å². The second kappa shape index (κ2) is 8.83. The number of hydrogen-bond acceptors (Lipinski definition) is 4. The average molecular weight is 241 g/mol. The van der Waals surface area contributed by atoms with Crippen LogP contribution >= 0.6 is 0 Å². The summed E-state index contributed by atoms with van der Waals surface area (Å²) in [4.78, 5) is 0. The summed E-state index contributed by atoms with van der Waals surface area (Å²) in [5, 5.41) is 0. The van der Waals surface area contributed by atoms with Gasteiger partial charge in [-0.3, -0.25) is 0 Å². The van der Waals surface area contributed by atoms with Gasteiger partial charge < -0.3 is 0 Å². The van der Waals surface area contributed by atoms with Crippen LogP contribution in [0.25, 0.3) is 0 Å². The van der Waals surface area contributed by atoms with Crippen molar-refractivity contribution in [2.75, 3.05) is 26.4 Å². The van der Waals surface area contributed by atoms with E-state index in [1.165, 1.54) is 0 Å². The molecule has 0 bridgehead atoms. The van der Waals surface area contributed by atoms with Crippen LogP contribution in [0.5, 0.6) is 0 Å². The Kier molecular flexibility index (Phi) is 9.18. The first-order valence-electron chi connectivity index (χ1n) is 5.36. The molecule has 0 saturated carbocycles. The van der Waals surface area contributed by atoms with E-state index in [9.17, 15) is 0 Å². The summed E-state index contributed by atoms with van der Waals surface area (Å²) in [7, 11) is 0. The molecule has 14 heavy (non-hydrogen) atoms.